The van der Waals surface area contributed by atoms with Crippen molar-refractivity contribution in [1.29, 1.82) is 0 Å². The third-order valence-corrected chi connectivity index (χ3v) is 5.07. The van der Waals surface area contributed by atoms with E-state index in [1.807, 2.05) is 0 Å². The molecule has 0 saturated heterocycles. The van der Waals surface area contributed by atoms with Gasteiger partial charge in [-0.3, -0.25) is 14.8 Å². The lowest BCUT2D eigenvalue weighted by atomic mass is 10.1. The Labute approximate surface area is 193 Å². The molecule has 1 atom stereocenters. The number of anilines is 1. The topological polar surface area (TPSA) is 96.5 Å². The first-order chi connectivity index (χ1) is 16.1. The number of halogens is 4. The van der Waals surface area contributed by atoms with Gasteiger partial charge in [0.05, 0.1) is 29.4 Å². The molecule has 178 valence electrons. The van der Waals surface area contributed by atoms with Crippen LogP contribution in [0.2, 0.25) is 0 Å². The highest BCUT2D eigenvalue weighted by Crippen LogP contribution is 2.29. The number of aliphatic imine (C=N–C) groups is 1. The molecule has 1 aromatic carbocycles. The number of guanidine groups is 1. The monoisotopic (exact) mass is 474 g/mol. The van der Waals surface area contributed by atoms with Gasteiger partial charge in [-0.15, -0.1) is 0 Å². The largest absolute Gasteiger partial charge is 0.417 e. The van der Waals surface area contributed by atoms with Crippen molar-refractivity contribution in [3.63, 3.8) is 0 Å². The zero-order valence-electron chi connectivity index (χ0n) is 18.3. The standard InChI is InChI=1S/C23H22F4N6O/c1-14(15-3-7-18(24)8-4-15)33(13-19-9-6-17(12-30-19)23(25,26)27)21(34)16-5-10-20(31-11-16)32-22(28)29-2/h3-12,14H,13H2,1-2H3,(H3,28,29,31,32). The number of carbonyl (C=O) groups is 1. The Morgan fingerprint density at radius 2 is 1.79 bits per heavy atom. The fourth-order valence-electron chi connectivity index (χ4n) is 3.11. The van der Waals surface area contributed by atoms with E-state index in [0.717, 1.165) is 12.3 Å². The van der Waals surface area contributed by atoms with Crippen molar-refractivity contribution in [3.8, 4) is 0 Å². The van der Waals surface area contributed by atoms with Crippen LogP contribution in [0.4, 0.5) is 23.4 Å². The molecule has 1 amide bonds. The summed E-state index contributed by atoms with van der Waals surface area (Å²) in [5.74, 6) is -0.344. The van der Waals surface area contributed by atoms with E-state index in [2.05, 4.69) is 20.3 Å². The van der Waals surface area contributed by atoms with Gasteiger partial charge >= 0.3 is 6.18 Å². The molecular formula is C23H22F4N6O. The molecule has 0 aliphatic heterocycles. The van der Waals surface area contributed by atoms with Crippen molar-refractivity contribution in [2.24, 2.45) is 10.7 Å². The fourth-order valence-corrected chi connectivity index (χ4v) is 3.11. The van der Waals surface area contributed by atoms with Gasteiger partial charge in [-0.1, -0.05) is 12.1 Å². The van der Waals surface area contributed by atoms with Gasteiger partial charge in [-0.2, -0.15) is 13.2 Å². The lowest BCUT2D eigenvalue weighted by Crippen LogP contribution is -2.33. The number of rotatable bonds is 6. The molecule has 3 rings (SSSR count). The van der Waals surface area contributed by atoms with Gasteiger partial charge < -0.3 is 16.0 Å². The van der Waals surface area contributed by atoms with Gasteiger partial charge in [-0.25, -0.2) is 9.37 Å². The molecule has 3 aromatic rings. The third-order valence-electron chi connectivity index (χ3n) is 5.07. The van der Waals surface area contributed by atoms with E-state index < -0.39 is 29.5 Å². The SMILES string of the molecule is CN=C(N)Nc1ccc(C(=O)N(Cc2ccc(C(F)(F)F)cn2)C(C)c2ccc(F)cc2)cn1. The number of amides is 1. The van der Waals surface area contributed by atoms with Crippen molar-refractivity contribution < 1.29 is 22.4 Å². The normalized spacial score (nSPS) is 12.8. The molecular weight excluding hydrogens is 452 g/mol. The summed E-state index contributed by atoms with van der Waals surface area (Å²) in [6.07, 6.45) is -2.45. The highest BCUT2D eigenvalue weighted by atomic mass is 19.4. The number of hydrogen-bond donors (Lipinski definition) is 2. The maximum Gasteiger partial charge on any atom is 0.417 e. The fraction of sp³-hybridized carbons (Fsp3) is 0.217. The minimum absolute atomic E-state index is 0.0784. The molecule has 34 heavy (non-hydrogen) atoms. The summed E-state index contributed by atoms with van der Waals surface area (Å²) in [6.45, 7) is 1.65. The van der Waals surface area contributed by atoms with Crippen LogP contribution in [0.3, 0.4) is 0 Å². The first-order valence-electron chi connectivity index (χ1n) is 10.1. The first-order valence-corrected chi connectivity index (χ1v) is 10.1. The molecule has 0 spiro atoms. The van der Waals surface area contributed by atoms with E-state index in [9.17, 15) is 22.4 Å². The van der Waals surface area contributed by atoms with Gasteiger partial charge in [-0.05, 0) is 48.9 Å². The molecule has 0 radical (unpaired) electrons. The van der Waals surface area contributed by atoms with E-state index in [-0.39, 0.29) is 23.8 Å². The van der Waals surface area contributed by atoms with Crippen LogP contribution >= 0.6 is 0 Å². The molecule has 0 fully saturated rings. The van der Waals surface area contributed by atoms with Crippen LogP contribution in [0.5, 0.6) is 0 Å². The Bertz CT molecular complexity index is 1150. The second-order valence-corrected chi connectivity index (χ2v) is 7.36. The van der Waals surface area contributed by atoms with Crippen LogP contribution in [0.1, 0.15) is 40.1 Å². The maximum absolute atomic E-state index is 13.4. The number of pyridine rings is 2. The quantitative estimate of drug-likeness (QED) is 0.314. The number of aromatic nitrogens is 2. The maximum atomic E-state index is 13.4. The molecule has 2 heterocycles. The number of nitrogens with two attached hydrogens (primary N) is 1. The van der Waals surface area contributed by atoms with Crippen molar-refractivity contribution in [1.82, 2.24) is 14.9 Å². The van der Waals surface area contributed by atoms with E-state index in [0.29, 0.717) is 11.4 Å². The average Bonchev–Trinajstić information content (AvgIpc) is 2.82. The Morgan fingerprint density at radius 3 is 2.32 bits per heavy atom. The second kappa shape index (κ2) is 10.3. The molecule has 1 unspecified atom stereocenters. The molecule has 0 saturated carbocycles. The molecule has 0 aliphatic rings. The summed E-state index contributed by atoms with van der Waals surface area (Å²) in [6, 6.07) is 10.3. The van der Waals surface area contributed by atoms with Crippen LogP contribution < -0.4 is 11.1 Å². The van der Waals surface area contributed by atoms with Gasteiger partial charge in [0.2, 0.25) is 0 Å². The predicted octanol–water partition coefficient (Wildman–Crippen LogP) is 4.39. The zero-order chi connectivity index (χ0) is 24.9. The van der Waals surface area contributed by atoms with Crippen LogP contribution in [-0.2, 0) is 12.7 Å². The number of carbonyl (C=O) groups excluding carboxylic acids is 1. The lowest BCUT2D eigenvalue weighted by molar-refractivity contribution is -0.137. The minimum atomic E-state index is -4.52. The van der Waals surface area contributed by atoms with Gasteiger partial charge in [0, 0.05) is 19.4 Å². The summed E-state index contributed by atoms with van der Waals surface area (Å²) in [5.41, 5.74) is 5.85. The molecule has 2 aromatic heterocycles. The number of hydrogen-bond acceptors (Lipinski definition) is 4. The summed E-state index contributed by atoms with van der Waals surface area (Å²) in [4.78, 5) is 26.6. The lowest BCUT2D eigenvalue weighted by Gasteiger charge is -2.29. The van der Waals surface area contributed by atoms with Crippen molar-refractivity contribution in [2.75, 3.05) is 12.4 Å². The number of benzene rings is 1. The van der Waals surface area contributed by atoms with E-state index in [4.69, 9.17) is 5.73 Å². The first kappa shape index (κ1) is 24.6. The zero-order valence-corrected chi connectivity index (χ0v) is 18.3. The number of nitrogens with one attached hydrogen (secondary N) is 1. The number of alkyl halides is 3. The van der Waals surface area contributed by atoms with Crippen molar-refractivity contribution in [2.45, 2.75) is 25.7 Å². The average molecular weight is 474 g/mol. The van der Waals surface area contributed by atoms with Crippen LogP contribution in [0.15, 0.2) is 65.9 Å². The summed E-state index contributed by atoms with van der Waals surface area (Å²) in [5, 5.41) is 2.75. The summed E-state index contributed by atoms with van der Waals surface area (Å²) in [7, 11) is 1.50. The highest BCUT2D eigenvalue weighted by molar-refractivity contribution is 5.95. The Kier molecular flexibility index (Phi) is 7.44. The van der Waals surface area contributed by atoms with Crippen LogP contribution in [0.25, 0.3) is 0 Å². The molecule has 11 heteroatoms. The Morgan fingerprint density at radius 1 is 1.09 bits per heavy atom. The van der Waals surface area contributed by atoms with Crippen molar-refractivity contribution >= 4 is 17.7 Å². The van der Waals surface area contributed by atoms with E-state index in [1.54, 1.807) is 25.1 Å². The molecule has 7 nitrogen and oxygen atoms in total. The molecule has 0 aliphatic carbocycles. The van der Waals surface area contributed by atoms with Crippen molar-refractivity contribution in [3.05, 3.63) is 89.1 Å². The van der Waals surface area contributed by atoms with Gasteiger partial charge in [0.1, 0.15) is 11.6 Å². The minimum Gasteiger partial charge on any atom is -0.370 e. The van der Waals surface area contributed by atoms with Crippen LogP contribution in [0, 0.1) is 5.82 Å². The highest BCUT2D eigenvalue weighted by Gasteiger charge is 2.31. The Hall–Kier alpha value is -4.02. The summed E-state index contributed by atoms with van der Waals surface area (Å²) >= 11 is 0. The number of nitrogens with zero attached hydrogens (tertiary/aromatic N) is 4. The molecule has 0 bridgehead atoms. The molecule has 3 N–H and O–H groups in total. The second-order valence-electron chi connectivity index (χ2n) is 7.36. The predicted molar refractivity (Wildman–Crippen MR) is 119 cm³/mol. The Balaban J connectivity index is 1.90. The third kappa shape index (κ3) is 6.06. The smallest absolute Gasteiger partial charge is 0.370 e. The van der Waals surface area contributed by atoms with E-state index >= 15 is 0 Å². The van der Waals surface area contributed by atoms with Gasteiger partial charge in [0.15, 0.2) is 5.96 Å². The van der Waals surface area contributed by atoms with Crippen LogP contribution in [-0.4, -0.2) is 33.8 Å². The van der Waals surface area contributed by atoms with E-state index in [1.165, 1.54) is 42.4 Å². The summed E-state index contributed by atoms with van der Waals surface area (Å²) < 4.78 is 52.1. The van der Waals surface area contributed by atoms with Gasteiger partial charge in [0.25, 0.3) is 5.91 Å².